The SMILES string of the molecule is COCCNCc1cc(Br)cc(C)c1OCC(F)F. The molecule has 0 heterocycles. The van der Waals surface area contributed by atoms with Gasteiger partial charge < -0.3 is 14.8 Å². The second-order valence-corrected chi connectivity index (χ2v) is 5.00. The van der Waals surface area contributed by atoms with Crippen LogP contribution in [-0.2, 0) is 11.3 Å². The van der Waals surface area contributed by atoms with Crippen LogP contribution >= 0.6 is 15.9 Å². The Labute approximate surface area is 120 Å². The van der Waals surface area contributed by atoms with Gasteiger partial charge in [0.1, 0.15) is 12.4 Å². The molecular weight excluding hydrogens is 320 g/mol. The molecule has 0 spiro atoms. The third-order valence-electron chi connectivity index (χ3n) is 2.47. The van der Waals surface area contributed by atoms with E-state index in [4.69, 9.17) is 9.47 Å². The van der Waals surface area contributed by atoms with Crippen LogP contribution in [0.5, 0.6) is 5.75 Å². The fourth-order valence-electron chi connectivity index (χ4n) is 1.68. The maximum absolute atomic E-state index is 12.2. The van der Waals surface area contributed by atoms with E-state index in [1.165, 1.54) is 0 Å². The van der Waals surface area contributed by atoms with Crippen LogP contribution in [-0.4, -0.2) is 33.3 Å². The second-order valence-electron chi connectivity index (χ2n) is 4.08. The molecule has 0 unspecified atom stereocenters. The lowest BCUT2D eigenvalue weighted by atomic mass is 10.1. The highest BCUT2D eigenvalue weighted by Gasteiger charge is 2.11. The Morgan fingerprint density at radius 3 is 2.74 bits per heavy atom. The van der Waals surface area contributed by atoms with E-state index in [1.54, 1.807) is 7.11 Å². The van der Waals surface area contributed by atoms with Crippen LogP contribution in [0.25, 0.3) is 0 Å². The smallest absolute Gasteiger partial charge is 0.272 e. The summed E-state index contributed by atoms with van der Waals surface area (Å²) in [6.45, 7) is 3.08. The fraction of sp³-hybridized carbons (Fsp3) is 0.538. The molecule has 108 valence electrons. The van der Waals surface area contributed by atoms with Crippen molar-refractivity contribution in [1.82, 2.24) is 5.32 Å². The van der Waals surface area contributed by atoms with Crippen molar-refractivity contribution in [3.05, 3.63) is 27.7 Å². The number of hydrogen-bond donors (Lipinski definition) is 1. The minimum absolute atomic E-state index is 0.522. The minimum atomic E-state index is -2.47. The van der Waals surface area contributed by atoms with Crippen LogP contribution in [0, 0.1) is 6.92 Å². The molecule has 0 saturated heterocycles. The van der Waals surface area contributed by atoms with Crippen molar-refractivity contribution in [3.8, 4) is 5.75 Å². The molecule has 0 fully saturated rings. The number of hydrogen-bond acceptors (Lipinski definition) is 3. The molecule has 19 heavy (non-hydrogen) atoms. The van der Waals surface area contributed by atoms with E-state index < -0.39 is 13.0 Å². The Kier molecular flexibility index (Phi) is 7.27. The molecule has 3 nitrogen and oxygen atoms in total. The number of halogens is 3. The van der Waals surface area contributed by atoms with E-state index in [2.05, 4.69) is 21.2 Å². The summed E-state index contributed by atoms with van der Waals surface area (Å²) in [5, 5.41) is 3.17. The maximum atomic E-state index is 12.2. The summed E-state index contributed by atoms with van der Waals surface area (Å²) >= 11 is 3.39. The summed E-state index contributed by atoms with van der Waals surface area (Å²) in [6, 6.07) is 3.72. The Bertz CT molecular complexity index is 402. The third-order valence-corrected chi connectivity index (χ3v) is 2.93. The summed E-state index contributed by atoms with van der Waals surface area (Å²) in [5.41, 5.74) is 1.68. The predicted molar refractivity (Wildman–Crippen MR) is 74.0 cm³/mol. The van der Waals surface area contributed by atoms with Crippen molar-refractivity contribution in [2.24, 2.45) is 0 Å². The van der Waals surface area contributed by atoms with Gasteiger partial charge in [0.15, 0.2) is 0 Å². The number of benzene rings is 1. The van der Waals surface area contributed by atoms with E-state index in [0.29, 0.717) is 25.4 Å². The number of rotatable bonds is 8. The molecule has 0 bridgehead atoms. The molecule has 0 radical (unpaired) electrons. The van der Waals surface area contributed by atoms with Gasteiger partial charge >= 0.3 is 0 Å². The predicted octanol–water partition coefficient (Wildman–Crippen LogP) is 3.14. The van der Waals surface area contributed by atoms with Crippen LogP contribution < -0.4 is 10.1 Å². The van der Waals surface area contributed by atoms with Crippen LogP contribution in [0.15, 0.2) is 16.6 Å². The van der Waals surface area contributed by atoms with Gasteiger partial charge in [0.25, 0.3) is 6.43 Å². The molecule has 0 saturated carbocycles. The van der Waals surface area contributed by atoms with E-state index >= 15 is 0 Å². The van der Waals surface area contributed by atoms with Crippen LogP contribution in [0.1, 0.15) is 11.1 Å². The van der Waals surface area contributed by atoms with Crippen molar-refractivity contribution in [3.63, 3.8) is 0 Å². The summed E-state index contributed by atoms with van der Waals surface area (Å²) in [7, 11) is 1.63. The molecule has 0 amide bonds. The first-order valence-electron chi connectivity index (χ1n) is 5.94. The highest BCUT2D eigenvalue weighted by Crippen LogP contribution is 2.28. The van der Waals surface area contributed by atoms with Crippen LogP contribution in [0.2, 0.25) is 0 Å². The molecule has 0 atom stereocenters. The number of ether oxygens (including phenoxy) is 2. The largest absolute Gasteiger partial charge is 0.487 e. The third kappa shape index (κ3) is 5.84. The molecule has 0 aromatic heterocycles. The first-order valence-corrected chi connectivity index (χ1v) is 6.73. The van der Waals surface area contributed by atoms with Crippen LogP contribution in [0.3, 0.4) is 0 Å². The molecule has 0 aliphatic carbocycles. The van der Waals surface area contributed by atoms with Crippen molar-refractivity contribution in [2.75, 3.05) is 26.9 Å². The van der Waals surface area contributed by atoms with Crippen LogP contribution in [0.4, 0.5) is 8.78 Å². The zero-order chi connectivity index (χ0) is 14.3. The molecule has 6 heteroatoms. The molecule has 0 aliphatic rings. The van der Waals surface area contributed by atoms with Gasteiger partial charge in [0.05, 0.1) is 6.61 Å². The van der Waals surface area contributed by atoms with Gasteiger partial charge in [0, 0.05) is 30.2 Å². The molecular formula is C13H18BrF2NO2. The van der Waals surface area contributed by atoms with Gasteiger partial charge in [-0.25, -0.2) is 8.78 Å². The summed E-state index contributed by atoms with van der Waals surface area (Å²) in [4.78, 5) is 0. The van der Waals surface area contributed by atoms with Crippen molar-refractivity contribution in [2.45, 2.75) is 19.9 Å². The number of methoxy groups -OCH3 is 1. The monoisotopic (exact) mass is 337 g/mol. The number of nitrogens with one attached hydrogen (secondary N) is 1. The average Bonchev–Trinajstić information content (AvgIpc) is 2.33. The summed E-state index contributed by atoms with van der Waals surface area (Å²) < 4.78 is 35.5. The summed E-state index contributed by atoms with van der Waals surface area (Å²) in [5.74, 6) is 0.522. The second kappa shape index (κ2) is 8.45. The standard InChI is InChI=1S/C13H18BrF2NO2/c1-9-5-11(14)6-10(7-17-3-4-18-2)13(9)19-8-12(15)16/h5-6,12,17H,3-4,7-8H2,1-2H3. The lowest BCUT2D eigenvalue weighted by Gasteiger charge is -2.15. The Hall–Kier alpha value is -0.720. The average molecular weight is 338 g/mol. The Morgan fingerprint density at radius 2 is 2.11 bits per heavy atom. The molecule has 1 N–H and O–H groups in total. The molecule has 0 aliphatic heterocycles. The fourth-order valence-corrected chi connectivity index (χ4v) is 2.30. The topological polar surface area (TPSA) is 30.5 Å². The number of aryl methyl sites for hydroxylation is 1. The van der Waals surface area contributed by atoms with Crippen molar-refractivity contribution < 1.29 is 18.3 Å². The van der Waals surface area contributed by atoms with E-state index in [0.717, 1.165) is 15.6 Å². The van der Waals surface area contributed by atoms with Gasteiger partial charge in [-0.15, -0.1) is 0 Å². The van der Waals surface area contributed by atoms with Crippen molar-refractivity contribution >= 4 is 15.9 Å². The Balaban J connectivity index is 2.74. The van der Waals surface area contributed by atoms with E-state index in [1.807, 2.05) is 19.1 Å². The summed E-state index contributed by atoms with van der Waals surface area (Å²) in [6.07, 6.45) is -2.47. The van der Waals surface area contributed by atoms with Gasteiger partial charge in [-0.2, -0.15) is 0 Å². The lowest BCUT2D eigenvalue weighted by molar-refractivity contribution is 0.0810. The minimum Gasteiger partial charge on any atom is -0.487 e. The van der Waals surface area contributed by atoms with Gasteiger partial charge in [0.2, 0.25) is 0 Å². The van der Waals surface area contributed by atoms with E-state index in [9.17, 15) is 8.78 Å². The quantitative estimate of drug-likeness (QED) is 0.739. The number of alkyl halides is 2. The normalized spacial score (nSPS) is 11.1. The van der Waals surface area contributed by atoms with Gasteiger partial charge in [-0.3, -0.25) is 0 Å². The van der Waals surface area contributed by atoms with Crippen molar-refractivity contribution in [1.29, 1.82) is 0 Å². The van der Waals surface area contributed by atoms with Gasteiger partial charge in [-0.1, -0.05) is 15.9 Å². The first-order chi connectivity index (χ1) is 9.04. The zero-order valence-corrected chi connectivity index (χ0v) is 12.6. The molecule has 1 aromatic rings. The Morgan fingerprint density at radius 1 is 1.37 bits per heavy atom. The molecule has 1 aromatic carbocycles. The maximum Gasteiger partial charge on any atom is 0.272 e. The molecule has 1 rings (SSSR count). The highest BCUT2D eigenvalue weighted by molar-refractivity contribution is 9.10. The van der Waals surface area contributed by atoms with E-state index in [-0.39, 0.29) is 0 Å². The highest BCUT2D eigenvalue weighted by atomic mass is 79.9. The first kappa shape index (κ1) is 16.3. The lowest BCUT2D eigenvalue weighted by Crippen LogP contribution is -2.19. The van der Waals surface area contributed by atoms with Gasteiger partial charge in [-0.05, 0) is 24.6 Å². The zero-order valence-electron chi connectivity index (χ0n) is 11.0.